The van der Waals surface area contributed by atoms with E-state index >= 15 is 0 Å². The summed E-state index contributed by atoms with van der Waals surface area (Å²) in [4.78, 5) is 43.7. The molecule has 3 aromatic rings. The molecule has 2 aromatic carbocycles. The van der Waals surface area contributed by atoms with E-state index in [1.807, 2.05) is 30.3 Å². The summed E-state index contributed by atoms with van der Waals surface area (Å²) in [5.74, 6) is -0.435. The molecule has 1 atom stereocenters. The van der Waals surface area contributed by atoms with Crippen molar-refractivity contribution in [2.75, 3.05) is 20.2 Å². The Morgan fingerprint density at radius 3 is 2.57 bits per heavy atom. The molecule has 0 radical (unpaired) electrons. The van der Waals surface area contributed by atoms with Gasteiger partial charge in [-0.3, -0.25) is 18.7 Å². The Kier molecular flexibility index (Phi) is 6.57. The van der Waals surface area contributed by atoms with Gasteiger partial charge in [-0.2, -0.15) is 0 Å². The van der Waals surface area contributed by atoms with Crippen LogP contribution in [0.4, 0.5) is 0 Å². The van der Waals surface area contributed by atoms with Crippen molar-refractivity contribution in [2.24, 2.45) is 0 Å². The molecule has 2 aliphatic rings. The van der Waals surface area contributed by atoms with E-state index in [0.717, 1.165) is 5.56 Å². The minimum atomic E-state index is -0.325. The minimum Gasteiger partial charge on any atom is -0.378 e. The summed E-state index contributed by atoms with van der Waals surface area (Å²) in [5, 5.41) is 0.444. The molecule has 0 aliphatic carbocycles. The summed E-state index contributed by atoms with van der Waals surface area (Å²) in [6.45, 7) is 1.88. The van der Waals surface area contributed by atoms with E-state index in [-0.39, 0.29) is 36.7 Å². The smallest absolute Gasteiger partial charge is 0.329 e. The monoisotopic (exact) mass is 558 g/mol. The fourth-order valence-electron chi connectivity index (χ4n) is 4.73. The molecule has 0 fully saturated rings. The average molecular weight is 560 g/mol. The standard InChI is InChI=1S/C25H24BrClN4O4/c1-35-18-13-29(12-16-5-3-2-4-6-16)24(33)22-21-15-28(9-10-30(21)25(34)31(22)14-18)23(32)17-7-8-19(26)20(27)11-17/h2-8,11,18H,9-10,12-15H2,1H3/t18-/m1/s1. The maximum Gasteiger partial charge on any atom is 0.329 e. The van der Waals surface area contributed by atoms with Gasteiger partial charge in [0.05, 0.1) is 29.9 Å². The molecule has 0 N–H and O–H groups in total. The van der Waals surface area contributed by atoms with Crippen molar-refractivity contribution in [3.05, 3.63) is 91.0 Å². The van der Waals surface area contributed by atoms with Crippen LogP contribution >= 0.6 is 27.5 Å². The number of amides is 2. The third-order valence-corrected chi connectivity index (χ3v) is 7.80. The number of imidazole rings is 1. The number of nitrogens with zero attached hydrogens (tertiary/aromatic N) is 4. The molecule has 2 aliphatic heterocycles. The van der Waals surface area contributed by atoms with Crippen molar-refractivity contribution in [2.45, 2.75) is 32.3 Å². The van der Waals surface area contributed by atoms with Crippen LogP contribution in [0.5, 0.6) is 0 Å². The van der Waals surface area contributed by atoms with Crippen LogP contribution in [0.1, 0.15) is 32.1 Å². The van der Waals surface area contributed by atoms with Crippen LogP contribution in [0.25, 0.3) is 0 Å². The van der Waals surface area contributed by atoms with Crippen molar-refractivity contribution in [3.63, 3.8) is 0 Å². The summed E-state index contributed by atoms with van der Waals surface area (Å²) in [6, 6.07) is 14.8. The van der Waals surface area contributed by atoms with Gasteiger partial charge in [-0.1, -0.05) is 41.9 Å². The zero-order valence-electron chi connectivity index (χ0n) is 19.1. The highest BCUT2D eigenvalue weighted by molar-refractivity contribution is 9.10. The number of fused-ring (bicyclic) bond motifs is 3. The molecule has 1 aromatic heterocycles. The summed E-state index contributed by atoms with van der Waals surface area (Å²) >= 11 is 9.54. The van der Waals surface area contributed by atoms with E-state index in [0.29, 0.717) is 52.6 Å². The summed E-state index contributed by atoms with van der Waals surface area (Å²) in [6.07, 6.45) is -0.325. The van der Waals surface area contributed by atoms with Crippen LogP contribution in [0.3, 0.4) is 0 Å². The zero-order chi connectivity index (χ0) is 24.7. The highest BCUT2D eigenvalue weighted by Gasteiger charge is 2.37. The molecule has 10 heteroatoms. The van der Waals surface area contributed by atoms with Gasteiger partial charge in [0.1, 0.15) is 5.69 Å². The van der Waals surface area contributed by atoms with Gasteiger partial charge >= 0.3 is 5.69 Å². The van der Waals surface area contributed by atoms with Gasteiger partial charge in [0, 0.05) is 43.3 Å². The topological polar surface area (TPSA) is 76.8 Å². The molecule has 0 unspecified atom stereocenters. The third kappa shape index (κ3) is 4.44. The Hall–Kier alpha value is -2.88. The van der Waals surface area contributed by atoms with E-state index in [2.05, 4.69) is 15.9 Å². The van der Waals surface area contributed by atoms with E-state index in [1.165, 1.54) is 4.57 Å². The number of hydrogen-bond acceptors (Lipinski definition) is 4. The van der Waals surface area contributed by atoms with Gasteiger partial charge in [-0.25, -0.2) is 4.79 Å². The Labute approximate surface area is 215 Å². The average Bonchev–Trinajstić information content (AvgIpc) is 3.05. The van der Waals surface area contributed by atoms with Gasteiger partial charge in [0.2, 0.25) is 0 Å². The molecule has 2 amide bonds. The van der Waals surface area contributed by atoms with Crippen LogP contribution in [-0.4, -0.2) is 57.1 Å². The van der Waals surface area contributed by atoms with E-state index in [9.17, 15) is 14.4 Å². The van der Waals surface area contributed by atoms with Crippen LogP contribution < -0.4 is 5.69 Å². The number of carbonyl (C=O) groups excluding carboxylic acids is 2. The molecule has 0 spiro atoms. The highest BCUT2D eigenvalue weighted by atomic mass is 79.9. The van der Waals surface area contributed by atoms with E-state index in [4.69, 9.17) is 16.3 Å². The van der Waals surface area contributed by atoms with Gasteiger partial charge in [0.25, 0.3) is 11.8 Å². The quantitative estimate of drug-likeness (QED) is 0.491. The maximum atomic E-state index is 13.8. The summed E-state index contributed by atoms with van der Waals surface area (Å²) in [5.41, 5.74) is 2.08. The normalized spacial score (nSPS) is 17.7. The van der Waals surface area contributed by atoms with Crippen molar-refractivity contribution in [1.29, 1.82) is 0 Å². The summed E-state index contributed by atoms with van der Waals surface area (Å²) in [7, 11) is 1.59. The third-order valence-electron chi connectivity index (χ3n) is 6.57. The molecule has 8 nitrogen and oxygen atoms in total. The second-order valence-corrected chi connectivity index (χ2v) is 9.99. The molecular formula is C25H24BrClN4O4. The van der Waals surface area contributed by atoms with Crippen molar-refractivity contribution >= 4 is 39.3 Å². The second kappa shape index (κ2) is 9.64. The lowest BCUT2D eigenvalue weighted by atomic mass is 10.1. The molecular weight excluding hydrogens is 536 g/mol. The Bertz CT molecular complexity index is 1350. The number of rotatable bonds is 4. The molecule has 5 rings (SSSR count). The molecule has 3 heterocycles. The number of benzene rings is 2. The Balaban J connectivity index is 1.50. The predicted octanol–water partition coefficient (Wildman–Crippen LogP) is 3.39. The Morgan fingerprint density at radius 1 is 1.09 bits per heavy atom. The number of halogens is 2. The van der Waals surface area contributed by atoms with Crippen molar-refractivity contribution < 1.29 is 14.3 Å². The van der Waals surface area contributed by atoms with Crippen LogP contribution in [0.2, 0.25) is 5.02 Å². The molecule has 35 heavy (non-hydrogen) atoms. The van der Waals surface area contributed by atoms with Crippen molar-refractivity contribution in [1.82, 2.24) is 18.9 Å². The molecule has 0 saturated carbocycles. The first-order chi connectivity index (χ1) is 16.9. The summed E-state index contributed by atoms with van der Waals surface area (Å²) < 4.78 is 9.46. The fourth-order valence-corrected chi connectivity index (χ4v) is 5.16. The van der Waals surface area contributed by atoms with Crippen LogP contribution in [-0.2, 0) is 30.9 Å². The highest BCUT2D eigenvalue weighted by Crippen LogP contribution is 2.26. The van der Waals surface area contributed by atoms with Gasteiger partial charge in [-0.15, -0.1) is 0 Å². The Morgan fingerprint density at radius 2 is 1.86 bits per heavy atom. The number of aromatic nitrogens is 2. The largest absolute Gasteiger partial charge is 0.378 e. The second-order valence-electron chi connectivity index (χ2n) is 8.72. The predicted molar refractivity (Wildman–Crippen MR) is 135 cm³/mol. The van der Waals surface area contributed by atoms with Crippen LogP contribution in [0.15, 0.2) is 57.8 Å². The lowest BCUT2D eigenvalue weighted by Gasteiger charge is -2.29. The molecule has 182 valence electrons. The van der Waals surface area contributed by atoms with E-state index in [1.54, 1.807) is 39.7 Å². The minimum absolute atomic E-state index is 0.159. The number of methoxy groups -OCH3 is 1. The first-order valence-electron chi connectivity index (χ1n) is 11.3. The molecule has 0 saturated heterocycles. The number of hydrogen-bond donors (Lipinski definition) is 0. The van der Waals surface area contributed by atoms with Gasteiger partial charge < -0.3 is 14.5 Å². The maximum absolute atomic E-state index is 13.8. The lowest BCUT2D eigenvalue weighted by Crippen LogP contribution is -2.42. The number of carbonyl (C=O) groups is 2. The van der Waals surface area contributed by atoms with Crippen LogP contribution in [0, 0.1) is 0 Å². The SMILES string of the molecule is CO[C@@H]1CN(Cc2ccccc2)C(=O)c2c3n(c(=O)n2C1)CCN(C(=O)c1ccc(Br)c(Cl)c1)C3. The number of ether oxygens (including phenoxy) is 1. The van der Waals surface area contributed by atoms with Gasteiger partial charge in [0.15, 0.2) is 0 Å². The first-order valence-corrected chi connectivity index (χ1v) is 12.5. The van der Waals surface area contributed by atoms with Gasteiger partial charge in [-0.05, 0) is 39.7 Å². The zero-order valence-corrected chi connectivity index (χ0v) is 21.5. The molecule has 0 bridgehead atoms. The first kappa shape index (κ1) is 23.8. The van der Waals surface area contributed by atoms with E-state index < -0.39 is 0 Å². The van der Waals surface area contributed by atoms with Crippen molar-refractivity contribution in [3.8, 4) is 0 Å². The lowest BCUT2D eigenvalue weighted by molar-refractivity contribution is 0.0462. The fraction of sp³-hybridized carbons (Fsp3) is 0.320.